The number of ether oxygens (including phenoxy) is 2. The Kier molecular flexibility index (Phi) is 6.34. The molecule has 5 nitrogen and oxygen atoms in total. The molecule has 0 spiro atoms. The lowest BCUT2D eigenvalue weighted by Crippen LogP contribution is -2.26. The molecular formula is C16H23ClN2O3. The van der Waals surface area contributed by atoms with Gasteiger partial charge in [-0.15, -0.1) is 0 Å². The molecule has 1 saturated heterocycles. The molecule has 1 amide bonds. The highest BCUT2D eigenvalue weighted by molar-refractivity contribution is 6.32. The standard InChI is InChI=1S/C16H23ClN2O3/c1-3-22-15-13(17)8-12(9-14(15)21-2)16(20)19-7-5-11-4-6-18-10-11/h8-9,11,18H,3-7,10H2,1-2H3,(H,19,20). The Morgan fingerprint density at radius 2 is 2.32 bits per heavy atom. The number of hydrogen-bond acceptors (Lipinski definition) is 4. The number of halogens is 1. The van der Waals surface area contributed by atoms with Crippen LogP contribution >= 0.6 is 11.6 Å². The van der Waals surface area contributed by atoms with Crippen LogP contribution in [0.2, 0.25) is 5.02 Å². The summed E-state index contributed by atoms with van der Waals surface area (Å²) >= 11 is 6.18. The Morgan fingerprint density at radius 1 is 1.50 bits per heavy atom. The van der Waals surface area contributed by atoms with Gasteiger partial charge in [-0.3, -0.25) is 4.79 Å². The Labute approximate surface area is 136 Å². The van der Waals surface area contributed by atoms with Crippen molar-refractivity contribution in [3.8, 4) is 11.5 Å². The topological polar surface area (TPSA) is 59.6 Å². The molecule has 1 heterocycles. The number of nitrogens with one attached hydrogen (secondary N) is 2. The summed E-state index contributed by atoms with van der Waals surface area (Å²) in [4.78, 5) is 12.2. The minimum absolute atomic E-state index is 0.144. The maximum absolute atomic E-state index is 12.2. The number of methoxy groups -OCH3 is 1. The van der Waals surface area contributed by atoms with Crippen molar-refractivity contribution >= 4 is 17.5 Å². The zero-order valence-electron chi connectivity index (χ0n) is 13.1. The van der Waals surface area contributed by atoms with Crippen LogP contribution in [0, 0.1) is 5.92 Å². The van der Waals surface area contributed by atoms with Gasteiger partial charge in [-0.25, -0.2) is 0 Å². The second kappa shape index (κ2) is 8.25. The maximum atomic E-state index is 12.2. The summed E-state index contributed by atoms with van der Waals surface area (Å²) in [7, 11) is 1.53. The molecule has 1 aromatic rings. The largest absolute Gasteiger partial charge is 0.493 e. The van der Waals surface area contributed by atoms with Gasteiger partial charge in [0.2, 0.25) is 0 Å². The van der Waals surface area contributed by atoms with Gasteiger partial charge in [-0.2, -0.15) is 0 Å². The van der Waals surface area contributed by atoms with Crippen LogP contribution < -0.4 is 20.1 Å². The molecule has 1 fully saturated rings. The Morgan fingerprint density at radius 3 is 2.95 bits per heavy atom. The molecule has 22 heavy (non-hydrogen) atoms. The van der Waals surface area contributed by atoms with Crippen LogP contribution in [0.15, 0.2) is 12.1 Å². The fourth-order valence-corrected chi connectivity index (χ4v) is 2.85. The van der Waals surface area contributed by atoms with Crippen molar-refractivity contribution < 1.29 is 14.3 Å². The van der Waals surface area contributed by atoms with E-state index in [1.807, 2.05) is 6.92 Å². The van der Waals surface area contributed by atoms with Crippen LogP contribution in [-0.4, -0.2) is 39.3 Å². The normalized spacial score (nSPS) is 17.3. The second-order valence-electron chi connectivity index (χ2n) is 5.33. The van der Waals surface area contributed by atoms with Gasteiger partial charge in [0.1, 0.15) is 0 Å². The third-order valence-corrected chi connectivity index (χ3v) is 4.06. The number of benzene rings is 1. The van der Waals surface area contributed by atoms with Crippen LogP contribution in [0.25, 0.3) is 0 Å². The van der Waals surface area contributed by atoms with Gasteiger partial charge in [0.25, 0.3) is 5.91 Å². The predicted molar refractivity (Wildman–Crippen MR) is 87.1 cm³/mol. The van der Waals surface area contributed by atoms with Gasteiger partial charge in [-0.1, -0.05) is 11.6 Å². The first-order valence-electron chi connectivity index (χ1n) is 7.65. The minimum Gasteiger partial charge on any atom is -0.493 e. The lowest BCUT2D eigenvalue weighted by atomic mass is 10.1. The molecule has 0 bridgehead atoms. The zero-order valence-corrected chi connectivity index (χ0v) is 13.8. The van der Waals surface area contributed by atoms with Gasteiger partial charge in [0.15, 0.2) is 11.5 Å². The van der Waals surface area contributed by atoms with Crippen LogP contribution in [0.4, 0.5) is 0 Å². The lowest BCUT2D eigenvalue weighted by Gasteiger charge is -2.14. The number of carbonyl (C=O) groups excluding carboxylic acids is 1. The van der Waals surface area contributed by atoms with E-state index in [4.69, 9.17) is 21.1 Å². The summed E-state index contributed by atoms with van der Waals surface area (Å²) in [6.45, 7) is 5.13. The van der Waals surface area contributed by atoms with E-state index < -0.39 is 0 Å². The third-order valence-electron chi connectivity index (χ3n) is 3.78. The molecule has 2 N–H and O–H groups in total. The summed E-state index contributed by atoms with van der Waals surface area (Å²) in [5, 5.41) is 6.64. The first kappa shape index (κ1) is 16.9. The van der Waals surface area contributed by atoms with Crippen LogP contribution in [0.5, 0.6) is 11.5 Å². The monoisotopic (exact) mass is 326 g/mol. The molecule has 1 aromatic carbocycles. The van der Waals surface area contributed by atoms with E-state index >= 15 is 0 Å². The number of rotatable bonds is 7. The number of hydrogen-bond donors (Lipinski definition) is 2. The van der Waals surface area contributed by atoms with Crippen molar-refractivity contribution in [1.29, 1.82) is 0 Å². The van der Waals surface area contributed by atoms with E-state index in [2.05, 4.69) is 10.6 Å². The van der Waals surface area contributed by atoms with E-state index in [9.17, 15) is 4.79 Å². The third kappa shape index (κ3) is 4.27. The Bertz CT molecular complexity index is 516. The minimum atomic E-state index is -0.144. The highest BCUT2D eigenvalue weighted by Crippen LogP contribution is 2.36. The highest BCUT2D eigenvalue weighted by atomic mass is 35.5. The summed E-state index contributed by atoms with van der Waals surface area (Å²) in [5.74, 6) is 1.45. The van der Waals surface area contributed by atoms with E-state index in [1.54, 1.807) is 12.1 Å². The van der Waals surface area contributed by atoms with Crippen molar-refractivity contribution in [2.75, 3.05) is 33.4 Å². The smallest absolute Gasteiger partial charge is 0.251 e. The summed E-state index contributed by atoms with van der Waals surface area (Å²) < 4.78 is 10.7. The molecule has 122 valence electrons. The molecule has 1 atom stereocenters. The Hall–Kier alpha value is -1.46. The van der Waals surface area contributed by atoms with E-state index in [0.29, 0.717) is 41.2 Å². The maximum Gasteiger partial charge on any atom is 0.251 e. The van der Waals surface area contributed by atoms with Crippen LogP contribution in [0.3, 0.4) is 0 Å². The molecule has 1 aliphatic heterocycles. The average molecular weight is 327 g/mol. The average Bonchev–Trinajstić information content (AvgIpc) is 3.02. The fourth-order valence-electron chi connectivity index (χ4n) is 2.59. The summed E-state index contributed by atoms with van der Waals surface area (Å²) in [6.07, 6.45) is 2.17. The SMILES string of the molecule is CCOc1c(Cl)cc(C(=O)NCCC2CCNC2)cc1OC. The quantitative estimate of drug-likeness (QED) is 0.808. The summed E-state index contributed by atoms with van der Waals surface area (Å²) in [6, 6.07) is 3.27. The number of carbonyl (C=O) groups is 1. The molecule has 0 radical (unpaired) electrons. The van der Waals surface area contributed by atoms with Crippen molar-refractivity contribution in [2.45, 2.75) is 19.8 Å². The van der Waals surface area contributed by atoms with E-state index in [1.165, 1.54) is 13.5 Å². The molecule has 2 rings (SSSR count). The van der Waals surface area contributed by atoms with Gasteiger partial charge in [-0.05, 0) is 50.9 Å². The lowest BCUT2D eigenvalue weighted by molar-refractivity contribution is 0.0951. The second-order valence-corrected chi connectivity index (χ2v) is 5.73. The van der Waals surface area contributed by atoms with E-state index in [-0.39, 0.29) is 5.91 Å². The predicted octanol–water partition coefficient (Wildman–Crippen LogP) is 2.48. The molecule has 0 aromatic heterocycles. The molecule has 1 aliphatic rings. The molecule has 1 unspecified atom stereocenters. The van der Waals surface area contributed by atoms with Crippen LogP contribution in [-0.2, 0) is 0 Å². The molecule has 6 heteroatoms. The van der Waals surface area contributed by atoms with Crippen molar-refractivity contribution in [1.82, 2.24) is 10.6 Å². The van der Waals surface area contributed by atoms with Crippen LogP contribution in [0.1, 0.15) is 30.1 Å². The van der Waals surface area contributed by atoms with Gasteiger partial charge in [0, 0.05) is 12.1 Å². The van der Waals surface area contributed by atoms with Gasteiger partial charge >= 0.3 is 0 Å². The van der Waals surface area contributed by atoms with Crippen molar-refractivity contribution in [2.24, 2.45) is 5.92 Å². The molecule has 0 aliphatic carbocycles. The summed E-state index contributed by atoms with van der Waals surface area (Å²) in [5.41, 5.74) is 0.481. The highest BCUT2D eigenvalue weighted by Gasteiger charge is 2.17. The van der Waals surface area contributed by atoms with Crippen molar-refractivity contribution in [3.05, 3.63) is 22.7 Å². The molecule has 0 saturated carbocycles. The van der Waals surface area contributed by atoms with Crippen molar-refractivity contribution in [3.63, 3.8) is 0 Å². The van der Waals surface area contributed by atoms with Gasteiger partial charge < -0.3 is 20.1 Å². The first-order chi connectivity index (χ1) is 10.7. The zero-order chi connectivity index (χ0) is 15.9. The first-order valence-corrected chi connectivity index (χ1v) is 8.02. The van der Waals surface area contributed by atoms with E-state index in [0.717, 1.165) is 19.5 Å². The molecular weight excluding hydrogens is 304 g/mol. The Balaban J connectivity index is 1.97. The fraction of sp³-hybridized carbons (Fsp3) is 0.562. The number of amides is 1. The van der Waals surface area contributed by atoms with Gasteiger partial charge in [0.05, 0.1) is 18.7 Å².